The van der Waals surface area contributed by atoms with E-state index in [2.05, 4.69) is 21.3 Å². The summed E-state index contributed by atoms with van der Waals surface area (Å²) in [6, 6.07) is 0. The zero-order chi connectivity index (χ0) is 13.9. The highest BCUT2D eigenvalue weighted by Crippen LogP contribution is 2.09. The molecule has 0 aromatic carbocycles. The first-order valence-corrected chi connectivity index (χ1v) is 8.78. The van der Waals surface area contributed by atoms with Gasteiger partial charge in [0.1, 0.15) is 0 Å². The van der Waals surface area contributed by atoms with Crippen molar-refractivity contribution in [2.75, 3.05) is 52.4 Å². The zero-order valence-electron chi connectivity index (χ0n) is 13.1. The van der Waals surface area contributed by atoms with Crippen molar-refractivity contribution in [3.63, 3.8) is 0 Å². The molecule has 2 unspecified atom stereocenters. The van der Waals surface area contributed by atoms with Gasteiger partial charge in [-0.25, -0.2) is 0 Å². The zero-order valence-corrected chi connectivity index (χ0v) is 13.1. The van der Waals surface area contributed by atoms with E-state index in [1.807, 2.05) is 0 Å². The second kappa shape index (κ2) is 10.6. The molecule has 0 aromatic rings. The van der Waals surface area contributed by atoms with E-state index >= 15 is 0 Å². The molecule has 2 saturated heterocycles. The molecule has 20 heavy (non-hydrogen) atoms. The lowest BCUT2D eigenvalue weighted by molar-refractivity contribution is 0.354. The Morgan fingerprint density at radius 1 is 0.750 bits per heavy atom. The van der Waals surface area contributed by atoms with E-state index in [4.69, 9.17) is 0 Å². The first-order valence-electron chi connectivity index (χ1n) is 8.78. The van der Waals surface area contributed by atoms with Crippen LogP contribution in [0.4, 0.5) is 0 Å². The maximum absolute atomic E-state index is 3.62. The van der Waals surface area contributed by atoms with Crippen molar-refractivity contribution >= 4 is 0 Å². The molecule has 2 aliphatic rings. The smallest absolute Gasteiger partial charge is 0.000837 e. The molecule has 2 aliphatic heterocycles. The molecule has 0 aliphatic carbocycles. The van der Waals surface area contributed by atoms with Crippen molar-refractivity contribution in [3.8, 4) is 0 Å². The summed E-state index contributed by atoms with van der Waals surface area (Å²) in [4.78, 5) is 0. The van der Waals surface area contributed by atoms with Crippen molar-refractivity contribution in [2.45, 2.75) is 38.5 Å². The third-order valence-corrected chi connectivity index (χ3v) is 4.62. The molecule has 118 valence electrons. The first kappa shape index (κ1) is 16.2. The summed E-state index contributed by atoms with van der Waals surface area (Å²) in [6.07, 6.45) is 8.11. The Kier molecular flexibility index (Phi) is 8.55. The Morgan fingerprint density at radius 3 is 1.65 bits per heavy atom. The highest BCUT2D eigenvalue weighted by atomic mass is 14.9. The molecule has 2 atom stereocenters. The Hall–Kier alpha value is -0.160. The third kappa shape index (κ3) is 7.02. The summed E-state index contributed by atoms with van der Waals surface area (Å²) in [7, 11) is 0. The minimum atomic E-state index is 0.862. The summed E-state index contributed by atoms with van der Waals surface area (Å²) >= 11 is 0. The Labute approximate surface area is 124 Å². The second-order valence-corrected chi connectivity index (χ2v) is 6.54. The highest BCUT2D eigenvalue weighted by Gasteiger charge is 2.12. The molecule has 4 N–H and O–H groups in total. The molecular weight excluding hydrogens is 248 g/mol. The quantitative estimate of drug-likeness (QED) is 0.476. The van der Waals surface area contributed by atoms with Gasteiger partial charge in [-0.2, -0.15) is 0 Å². The Balaban J connectivity index is 1.33. The minimum Gasteiger partial charge on any atom is -0.316 e. The molecule has 0 aromatic heterocycles. The van der Waals surface area contributed by atoms with Crippen molar-refractivity contribution in [2.24, 2.45) is 11.8 Å². The Morgan fingerprint density at radius 2 is 1.25 bits per heavy atom. The van der Waals surface area contributed by atoms with Gasteiger partial charge in [0, 0.05) is 0 Å². The monoisotopic (exact) mass is 282 g/mol. The fraction of sp³-hybridized carbons (Fsp3) is 1.00. The number of unbranched alkanes of at least 4 members (excludes halogenated alkanes) is 1. The van der Waals surface area contributed by atoms with E-state index in [9.17, 15) is 0 Å². The predicted octanol–water partition coefficient (Wildman–Crippen LogP) is 0.945. The van der Waals surface area contributed by atoms with Gasteiger partial charge < -0.3 is 21.3 Å². The van der Waals surface area contributed by atoms with E-state index in [1.165, 1.54) is 90.9 Å². The summed E-state index contributed by atoms with van der Waals surface area (Å²) in [6.45, 7) is 9.64. The van der Waals surface area contributed by atoms with Gasteiger partial charge in [0.2, 0.25) is 0 Å². The van der Waals surface area contributed by atoms with E-state index in [1.54, 1.807) is 0 Å². The van der Waals surface area contributed by atoms with Crippen LogP contribution in [0, 0.1) is 11.8 Å². The number of hydrogen-bond acceptors (Lipinski definition) is 4. The van der Waals surface area contributed by atoms with Gasteiger partial charge in [-0.1, -0.05) is 0 Å². The lowest BCUT2D eigenvalue weighted by atomic mass is 9.99. The molecule has 2 heterocycles. The van der Waals surface area contributed by atoms with Crippen molar-refractivity contribution in [3.05, 3.63) is 0 Å². The minimum absolute atomic E-state index is 0.862. The van der Waals surface area contributed by atoms with Crippen LogP contribution in [-0.4, -0.2) is 52.4 Å². The van der Waals surface area contributed by atoms with E-state index < -0.39 is 0 Å². The molecule has 0 bridgehead atoms. The number of rotatable bonds is 9. The second-order valence-electron chi connectivity index (χ2n) is 6.54. The fourth-order valence-corrected chi connectivity index (χ4v) is 3.31. The lowest BCUT2D eigenvalue weighted by Gasteiger charge is -2.23. The van der Waals surface area contributed by atoms with Gasteiger partial charge in [-0.3, -0.25) is 0 Å². The normalized spacial score (nSPS) is 27.6. The van der Waals surface area contributed by atoms with E-state index in [0.717, 1.165) is 11.8 Å². The van der Waals surface area contributed by atoms with Crippen LogP contribution in [0.3, 0.4) is 0 Å². The van der Waals surface area contributed by atoms with E-state index in [-0.39, 0.29) is 0 Å². The van der Waals surface area contributed by atoms with Gasteiger partial charge in [0.05, 0.1) is 0 Å². The van der Waals surface area contributed by atoms with Crippen LogP contribution in [0.1, 0.15) is 38.5 Å². The van der Waals surface area contributed by atoms with E-state index in [0.29, 0.717) is 0 Å². The number of hydrogen-bond donors (Lipinski definition) is 4. The van der Waals surface area contributed by atoms with Crippen molar-refractivity contribution in [1.29, 1.82) is 0 Å². The van der Waals surface area contributed by atoms with Gasteiger partial charge >= 0.3 is 0 Å². The molecule has 0 saturated carbocycles. The molecular formula is C16H34N4. The summed E-state index contributed by atoms with van der Waals surface area (Å²) < 4.78 is 0. The molecule has 2 rings (SSSR count). The van der Waals surface area contributed by atoms with Gasteiger partial charge in [-0.15, -0.1) is 0 Å². The molecule has 0 amide bonds. The average molecular weight is 282 g/mol. The maximum atomic E-state index is 3.62. The largest absolute Gasteiger partial charge is 0.316 e. The lowest BCUT2D eigenvalue weighted by Crippen LogP contribution is -2.37. The topological polar surface area (TPSA) is 48.1 Å². The van der Waals surface area contributed by atoms with Crippen LogP contribution < -0.4 is 21.3 Å². The fourth-order valence-electron chi connectivity index (χ4n) is 3.31. The van der Waals surface area contributed by atoms with Gasteiger partial charge in [0.15, 0.2) is 0 Å². The summed E-state index contributed by atoms with van der Waals surface area (Å²) in [5.41, 5.74) is 0. The highest BCUT2D eigenvalue weighted by molar-refractivity contribution is 4.72. The summed E-state index contributed by atoms with van der Waals surface area (Å²) in [5.74, 6) is 1.72. The maximum Gasteiger partial charge on any atom is -0.000837 e. The van der Waals surface area contributed by atoms with Crippen LogP contribution in [0.2, 0.25) is 0 Å². The third-order valence-electron chi connectivity index (χ3n) is 4.62. The van der Waals surface area contributed by atoms with Crippen LogP contribution in [0.5, 0.6) is 0 Å². The molecule has 4 nitrogen and oxygen atoms in total. The van der Waals surface area contributed by atoms with Crippen molar-refractivity contribution < 1.29 is 0 Å². The predicted molar refractivity (Wildman–Crippen MR) is 86.2 cm³/mol. The average Bonchev–Trinajstić information content (AvgIpc) is 2.52. The Bertz CT molecular complexity index is 199. The van der Waals surface area contributed by atoms with Crippen LogP contribution in [0.15, 0.2) is 0 Å². The summed E-state index contributed by atoms with van der Waals surface area (Å²) in [5, 5.41) is 14.2. The number of piperidine rings is 2. The molecule has 4 heteroatoms. The van der Waals surface area contributed by atoms with Crippen LogP contribution in [-0.2, 0) is 0 Å². The van der Waals surface area contributed by atoms with Crippen LogP contribution in [0.25, 0.3) is 0 Å². The van der Waals surface area contributed by atoms with Crippen LogP contribution >= 0.6 is 0 Å². The molecule has 2 fully saturated rings. The van der Waals surface area contributed by atoms with Gasteiger partial charge in [-0.05, 0) is 103 Å². The molecule has 0 spiro atoms. The SMILES string of the molecule is C(CCNCC1CCCNC1)CNCC1CCCNC1. The molecule has 0 radical (unpaired) electrons. The first-order chi connectivity index (χ1) is 9.95. The number of nitrogens with one attached hydrogen (secondary N) is 4. The van der Waals surface area contributed by atoms with Gasteiger partial charge in [0.25, 0.3) is 0 Å². The van der Waals surface area contributed by atoms with Crippen molar-refractivity contribution in [1.82, 2.24) is 21.3 Å². The standard InChI is InChI=1S/C16H34N4/c1(7-17-11-15-5-3-9-19-13-15)2-8-18-12-16-6-4-10-20-14-16/h15-20H,1-14H2.